The summed E-state index contributed by atoms with van der Waals surface area (Å²) >= 11 is 2.14. The van der Waals surface area contributed by atoms with Gasteiger partial charge >= 0.3 is 11.7 Å². The average molecular weight is 492 g/mol. The predicted molar refractivity (Wildman–Crippen MR) is 117 cm³/mol. The molecule has 146 valence electrons. The Kier molecular flexibility index (Phi) is 5.47. The highest BCUT2D eigenvalue weighted by Crippen LogP contribution is 2.14. The minimum atomic E-state index is -0.572. The van der Waals surface area contributed by atoms with E-state index in [-0.39, 0.29) is 17.8 Å². The molecule has 0 unspecified atom stereocenters. The maximum absolute atomic E-state index is 12.9. The van der Waals surface area contributed by atoms with Gasteiger partial charge in [-0.3, -0.25) is 13.9 Å². The number of aromatic nitrogens is 2. The lowest BCUT2D eigenvalue weighted by molar-refractivity contribution is 0.00695. The summed E-state index contributed by atoms with van der Waals surface area (Å²) in [6.45, 7) is 5.55. The second kappa shape index (κ2) is 7.54. The van der Waals surface area contributed by atoms with Crippen LogP contribution in [-0.4, -0.2) is 20.7 Å². The SMILES string of the molecule is Cn1c(=O)n(Cc2ccc(C(=O)OC(C)(C)C)cc2)c(=O)c2cc(I)ccc21. The molecule has 7 heteroatoms. The molecule has 0 fully saturated rings. The second-order valence-electron chi connectivity index (χ2n) is 7.59. The maximum Gasteiger partial charge on any atom is 0.338 e. The monoisotopic (exact) mass is 492 g/mol. The Morgan fingerprint density at radius 1 is 1.07 bits per heavy atom. The van der Waals surface area contributed by atoms with Gasteiger partial charge in [-0.25, -0.2) is 9.59 Å². The lowest BCUT2D eigenvalue weighted by Gasteiger charge is -2.19. The van der Waals surface area contributed by atoms with Crippen molar-refractivity contribution in [2.45, 2.75) is 32.9 Å². The van der Waals surface area contributed by atoms with E-state index in [1.54, 1.807) is 43.4 Å². The molecule has 0 aliphatic rings. The molecule has 0 N–H and O–H groups in total. The summed E-state index contributed by atoms with van der Waals surface area (Å²) in [5.74, 6) is -0.410. The summed E-state index contributed by atoms with van der Waals surface area (Å²) in [4.78, 5) is 37.7. The Labute approximate surface area is 175 Å². The fourth-order valence-corrected chi connectivity index (χ4v) is 3.38. The molecule has 0 aliphatic heterocycles. The van der Waals surface area contributed by atoms with E-state index in [0.717, 1.165) is 9.13 Å². The molecule has 3 aromatic rings. The Hall–Kier alpha value is -2.42. The molecule has 0 spiro atoms. The standard InChI is InChI=1S/C21H21IN2O4/c1-21(2,3)28-19(26)14-7-5-13(6-8-14)12-24-18(25)16-11-15(22)9-10-17(16)23(4)20(24)27/h5-11H,12H2,1-4H3. The van der Waals surface area contributed by atoms with Crippen LogP contribution in [0, 0.1) is 3.57 Å². The molecule has 0 radical (unpaired) electrons. The molecule has 28 heavy (non-hydrogen) atoms. The van der Waals surface area contributed by atoms with Gasteiger partial charge in [-0.1, -0.05) is 12.1 Å². The van der Waals surface area contributed by atoms with E-state index in [2.05, 4.69) is 22.6 Å². The quantitative estimate of drug-likeness (QED) is 0.416. The summed E-state index contributed by atoms with van der Waals surface area (Å²) in [7, 11) is 1.65. The number of aryl methyl sites for hydroxylation is 1. The van der Waals surface area contributed by atoms with Crippen molar-refractivity contribution >= 4 is 39.5 Å². The number of hydrogen-bond donors (Lipinski definition) is 0. The van der Waals surface area contributed by atoms with Gasteiger partial charge in [0.1, 0.15) is 5.60 Å². The number of ether oxygens (including phenoxy) is 1. The molecule has 0 atom stereocenters. The van der Waals surface area contributed by atoms with Crippen molar-refractivity contribution in [1.29, 1.82) is 0 Å². The third-order valence-corrected chi connectivity index (χ3v) is 4.91. The van der Waals surface area contributed by atoms with Gasteiger partial charge in [0, 0.05) is 10.6 Å². The summed E-state index contributed by atoms with van der Waals surface area (Å²) < 4.78 is 8.96. The highest BCUT2D eigenvalue weighted by atomic mass is 127. The van der Waals surface area contributed by atoms with E-state index in [4.69, 9.17) is 4.74 Å². The molecule has 2 aromatic carbocycles. The number of carbonyl (C=O) groups excluding carboxylic acids is 1. The highest BCUT2D eigenvalue weighted by Gasteiger charge is 2.18. The molecule has 6 nitrogen and oxygen atoms in total. The van der Waals surface area contributed by atoms with Crippen molar-refractivity contribution in [2.75, 3.05) is 0 Å². The predicted octanol–water partition coefficient (Wildman–Crippen LogP) is 3.31. The first-order valence-corrected chi connectivity index (χ1v) is 9.86. The van der Waals surface area contributed by atoms with Crippen molar-refractivity contribution in [3.05, 3.63) is 78.0 Å². The van der Waals surface area contributed by atoms with Gasteiger partial charge in [0.05, 0.1) is 23.0 Å². The van der Waals surface area contributed by atoms with Crippen LogP contribution in [-0.2, 0) is 18.3 Å². The third-order valence-electron chi connectivity index (χ3n) is 4.24. The molecule has 1 aromatic heterocycles. The van der Waals surface area contributed by atoms with Crippen LogP contribution in [0.25, 0.3) is 10.9 Å². The first kappa shape index (κ1) is 20.3. The smallest absolute Gasteiger partial charge is 0.338 e. The van der Waals surface area contributed by atoms with E-state index in [1.165, 1.54) is 9.13 Å². The largest absolute Gasteiger partial charge is 0.456 e. The fourth-order valence-electron chi connectivity index (χ4n) is 2.89. The molecular weight excluding hydrogens is 471 g/mol. The zero-order valence-corrected chi connectivity index (χ0v) is 18.3. The molecule has 0 saturated heterocycles. The van der Waals surface area contributed by atoms with E-state index in [1.807, 2.05) is 26.8 Å². The average Bonchev–Trinajstić information content (AvgIpc) is 2.62. The van der Waals surface area contributed by atoms with Crippen molar-refractivity contribution in [1.82, 2.24) is 9.13 Å². The number of carbonyl (C=O) groups is 1. The van der Waals surface area contributed by atoms with Gasteiger partial charge in [0.15, 0.2) is 0 Å². The summed E-state index contributed by atoms with van der Waals surface area (Å²) in [6.07, 6.45) is 0. The molecule has 0 bridgehead atoms. The Morgan fingerprint density at radius 3 is 2.32 bits per heavy atom. The highest BCUT2D eigenvalue weighted by molar-refractivity contribution is 14.1. The first-order valence-electron chi connectivity index (χ1n) is 8.78. The van der Waals surface area contributed by atoms with Gasteiger partial charge in [-0.2, -0.15) is 0 Å². The van der Waals surface area contributed by atoms with Crippen LogP contribution in [0.15, 0.2) is 52.1 Å². The number of benzene rings is 2. The van der Waals surface area contributed by atoms with E-state index in [9.17, 15) is 14.4 Å². The molecule has 0 saturated carbocycles. The normalized spacial score (nSPS) is 11.6. The van der Waals surface area contributed by atoms with E-state index >= 15 is 0 Å². The van der Waals surface area contributed by atoms with Crippen LogP contribution in [0.5, 0.6) is 0 Å². The number of esters is 1. The van der Waals surface area contributed by atoms with Crippen molar-refractivity contribution < 1.29 is 9.53 Å². The van der Waals surface area contributed by atoms with Gasteiger partial charge < -0.3 is 4.74 Å². The van der Waals surface area contributed by atoms with E-state index < -0.39 is 11.6 Å². The molecule has 0 amide bonds. The number of hydrogen-bond acceptors (Lipinski definition) is 4. The topological polar surface area (TPSA) is 70.3 Å². The second-order valence-corrected chi connectivity index (χ2v) is 8.84. The molecular formula is C21H21IN2O4. The third kappa shape index (κ3) is 4.19. The van der Waals surface area contributed by atoms with Gasteiger partial charge in [0.2, 0.25) is 0 Å². The van der Waals surface area contributed by atoms with Crippen LogP contribution in [0.4, 0.5) is 0 Å². The number of halogens is 1. The zero-order chi connectivity index (χ0) is 20.6. The molecule has 0 aliphatic carbocycles. The van der Waals surface area contributed by atoms with Crippen molar-refractivity contribution in [3.63, 3.8) is 0 Å². The lowest BCUT2D eigenvalue weighted by Crippen LogP contribution is -2.39. The van der Waals surface area contributed by atoms with Crippen molar-refractivity contribution in [3.8, 4) is 0 Å². The van der Waals surface area contributed by atoms with Gasteiger partial charge in [-0.05, 0) is 79.3 Å². The van der Waals surface area contributed by atoms with Crippen LogP contribution in [0.2, 0.25) is 0 Å². The van der Waals surface area contributed by atoms with Crippen LogP contribution in [0.3, 0.4) is 0 Å². The zero-order valence-electron chi connectivity index (χ0n) is 16.2. The van der Waals surface area contributed by atoms with Gasteiger partial charge in [0.25, 0.3) is 5.56 Å². The van der Waals surface area contributed by atoms with Crippen LogP contribution < -0.4 is 11.2 Å². The Balaban J connectivity index is 1.96. The molecule has 1 heterocycles. The van der Waals surface area contributed by atoms with Gasteiger partial charge in [-0.15, -0.1) is 0 Å². The number of fused-ring (bicyclic) bond motifs is 1. The summed E-state index contributed by atoms with van der Waals surface area (Å²) in [6, 6.07) is 12.2. The van der Waals surface area contributed by atoms with Crippen LogP contribution >= 0.6 is 22.6 Å². The first-order chi connectivity index (χ1) is 13.1. The van der Waals surface area contributed by atoms with Crippen molar-refractivity contribution in [2.24, 2.45) is 7.05 Å². The fraction of sp³-hybridized carbons (Fsp3) is 0.286. The summed E-state index contributed by atoms with van der Waals surface area (Å²) in [5, 5.41) is 0.499. The Morgan fingerprint density at radius 2 is 1.71 bits per heavy atom. The molecule has 3 rings (SSSR count). The number of rotatable bonds is 3. The van der Waals surface area contributed by atoms with Crippen LogP contribution in [0.1, 0.15) is 36.7 Å². The van der Waals surface area contributed by atoms with E-state index in [0.29, 0.717) is 16.5 Å². The Bertz CT molecular complexity index is 1170. The minimum Gasteiger partial charge on any atom is -0.456 e. The maximum atomic E-state index is 12.9. The minimum absolute atomic E-state index is 0.127. The number of nitrogens with zero attached hydrogens (tertiary/aromatic N) is 2. The lowest BCUT2D eigenvalue weighted by atomic mass is 10.1. The summed E-state index contributed by atoms with van der Waals surface area (Å²) in [5.41, 5.74) is 0.496.